The van der Waals surface area contributed by atoms with Crippen molar-refractivity contribution in [3.8, 4) is 0 Å². The highest BCUT2D eigenvalue weighted by atomic mass is 127. The monoisotopic (exact) mass is 346 g/mol. The van der Waals surface area contributed by atoms with Crippen molar-refractivity contribution in [1.29, 1.82) is 0 Å². The Morgan fingerprint density at radius 2 is 2.12 bits per heavy atom. The highest BCUT2D eigenvalue weighted by molar-refractivity contribution is 14.1. The van der Waals surface area contributed by atoms with E-state index < -0.39 is 0 Å². The maximum absolute atomic E-state index is 9.25. The number of hydrogen-bond acceptors (Lipinski definition) is 3. The maximum atomic E-state index is 9.25. The zero-order valence-corrected chi connectivity index (χ0v) is 12.1. The van der Waals surface area contributed by atoms with Crippen molar-refractivity contribution < 1.29 is 5.11 Å². The Morgan fingerprint density at radius 1 is 1.35 bits per heavy atom. The molecule has 0 aliphatic carbocycles. The third kappa shape index (κ3) is 3.64. The van der Waals surface area contributed by atoms with Crippen LogP contribution in [0.3, 0.4) is 0 Å². The molecule has 1 atom stereocenters. The second kappa shape index (κ2) is 6.68. The van der Waals surface area contributed by atoms with Crippen LogP contribution in [0, 0.1) is 3.57 Å². The van der Waals surface area contributed by atoms with E-state index in [0.717, 1.165) is 32.6 Å². The Bertz CT molecular complexity index is 353. The molecule has 4 heteroatoms. The van der Waals surface area contributed by atoms with Crippen LogP contribution >= 0.6 is 22.6 Å². The summed E-state index contributed by atoms with van der Waals surface area (Å²) < 4.78 is 1.26. The molecule has 1 saturated heterocycles. The molecule has 1 heterocycles. The minimum atomic E-state index is 0.250. The van der Waals surface area contributed by atoms with Gasteiger partial charge >= 0.3 is 0 Å². The van der Waals surface area contributed by atoms with Crippen LogP contribution in [0.4, 0.5) is 0 Å². The average molecular weight is 346 g/mol. The zero-order valence-electron chi connectivity index (χ0n) is 9.90. The summed E-state index contributed by atoms with van der Waals surface area (Å²) in [6, 6.07) is 8.96. The molecule has 0 amide bonds. The van der Waals surface area contributed by atoms with Crippen LogP contribution < -0.4 is 5.32 Å². The molecule has 17 heavy (non-hydrogen) atoms. The van der Waals surface area contributed by atoms with Gasteiger partial charge in [0.25, 0.3) is 0 Å². The number of nitrogens with zero attached hydrogens (tertiary/aromatic N) is 1. The lowest BCUT2D eigenvalue weighted by atomic mass is 10.0. The fraction of sp³-hybridized carbons (Fsp3) is 0.538. The summed E-state index contributed by atoms with van der Waals surface area (Å²) in [6.45, 7) is 4.48. The number of aliphatic hydroxyl groups is 1. The summed E-state index contributed by atoms with van der Waals surface area (Å²) in [5, 5.41) is 12.6. The molecule has 94 valence electrons. The van der Waals surface area contributed by atoms with Gasteiger partial charge in [0.15, 0.2) is 0 Å². The van der Waals surface area contributed by atoms with E-state index in [2.05, 4.69) is 57.1 Å². The van der Waals surface area contributed by atoms with Gasteiger partial charge in [0, 0.05) is 42.4 Å². The predicted molar refractivity (Wildman–Crippen MR) is 78.0 cm³/mol. The van der Waals surface area contributed by atoms with Crippen molar-refractivity contribution in [3.63, 3.8) is 0 Å². The molecule has 1 aliphatic rings. The smallest absolute Gasteiger partial charge is 0.0449 e. The first-order valence-electron chi connectivity index (χ1n) is 6.12. The van der Waals surface area contributed by atoms with E-state index in [0.29, 0.717) is 6.04 Å². The summed E-state index contributed by atoms with van der Waals surface area (Å²) in [5.74, 6) is 0. The van der Waals surface area contributed by atoms with Crippen LogP contribution in [0.1, 0.15) is 18.0 Å². The van der Waals surface area contributed by atoms with E-state index in [1.54, 1.807) is 0 Å². The van der Waals surface area contributed by atoms with E-state index in [-0.39, 0.29) is 6.61 Å². The second-order valence-corrected chi connectivity index (χ2v) is 5.61. The summed E-state index contributed by atoms with van der Waals surface area (Å²) in [5.41, 5.74) is 1.33. The quantitative estimate of drug-likeness (QED) is 0.814. The van der Waals surface area contributed by atoms with Gasteiger partial charge in [0.2, 0.25) is 0 Å². The first-order chi connectivity index (χ1) is 8.31. The maximum Gasteiger partial charge on any atom is 0.0449 e. The number of hydrogen-bond donors (Lipinski definition) is 2. The Morgan fingerprint density at radius 3 is 2.76 bits per heavy atom. The molecule has 0 bridgehead atoms. The third-order valence-corrected chi connectivity index (χ3v) is 3.90. The zero-order chi connectivity index (χ0) is 12.1. The lowest BCUT2D eigenvalue weighted by Crippen LogP contribution is -2.45. The van der Waals surface area contributed by atoms with Gasteiger partial charge in [0.05, 0.1) is 0 Å². The van der Waals surface area contributed by atoms with Gasteiger partial charge in [-0.2, -0.15) is 0 Å². The molecule has 0 radical (unpaired) electrons. The highest BCUT2D eigenvalue weighted by Gasteiger charge is 2.21. The van der Waals surface area contributed by atoms with Crippen LogP contribution in [0.25, 0.3) is 0 Å². The van der Waals surface area contributed by atoms with E-state index >= 15 is 0 Å². The molecule has 0 saturated carbocycles. The van der Waals surface area contributed by atoms with Crippen LogP contribution in [0.15, 0.2) is 24.3 Å². The molecule has 1 aromatic carbocycles. The van der Waals surface area contributed by atoms with Gasteiger partial charge in [-0.25, -0.2) is 0 Å². The van der Waals surface area contributed by atoms with E-state index in [9.17, 15) is 5.11 Å². The summed E-state index contributed by atoms with van der Waals surface area (Å²) in [4.78, 5) is 2.47. The topological polar surface area (TPSA) is 35.5 Å². The average Bonchev–Trinajstić information content (AvgIpc) is 2.37. The Kier molecular flexibility index (Phi) is 5.21. The molecule has 1 fully saturated rings. The number of nitrogens with one attached hydrogen (secondary N) is 1. The molecular weight excluding hydrogens is 327 g/mol. The SMILES string of the molecule is OCC[C@@H](c1cccc(I)c1)N1CCNCC1. The number of benzene rings is 1. The lowest BCUT2D eigenvalue weighted by molar-refractivity contribution is 0.141. The number of halogens is 1. The normalized spacial score (nSPS) is 19.2. The van der Waals surface area contributed by atoms with Gasteiger partial charge in [-0.1, -0.05) is 12.1 Å². The van der Waals surface area contributed by atoms with Crippen LogP contribution in [0.5, 0.6) is 0 Å². The Hall–Kier alpha value is -0.170. The van der Waals surface area contributed by atoms with Crippen LogP contribution in [-0.2, 0) is 0 Å². The number of rotatable bonds is 4. The lowest BCUT2D eigenvalue weighted by Gasteiger charge is -2.35. The van der Waals surface area contributed by atoms with Crippen LogP contribution in [0.2, 0.25) is 0 Å². The minimum absolute atomic E-state index is 0.250. The van der Waals surface area contributed by atoms with Crippen molar-refractivity contribution in [3.05, 3.63) is 33.4 Å². The Balaban J connectivity index is 2.15. The van der Waals surface area contributed by atoms with E-state index in [4.69, 9.17) is 0 Å². The fourth-order valence-electron chi connectivity index (χ4n) is 2.39. The van der Waals surface area contributed by atoms with Crippen molar-refractivity contribution in [2.45, 2.75) is 12.5 Å². The molecule has 0 spiro atoms. The van der Waals surface area contributed by atoms with Crippen molar-refractivity contribution in [2.24, 2.45) is 0 Å². The molecule has 2 rings (SSSR count). The molecule has 3 nitrogen and oxygen atoms in total. The number of aliphatic hydroxyl groups excluding tert-OH is 1. The van der Waals surface area contributed by atoms with Gasteiger partial charge < -0.3 is 10.4 Å². The second-order valence-electron chi connectivity index (χ2n) is 4.37. The molecule has 1 aliphatic heterocycles. The Labute approximate surface area is 116 Å². The molecular formula is C13H19IN2O. The van der Waals surface area contributed by atoms with Crippen molar-refractivity contribution >= 4 is 22.6 Å². The first kappa shape index (κ1) is 13.3. The van der Waals surface area contributed by atoms with Crippen LogP contribution in [-0.4, -0.2) is 42.8 Å². The minimum Gasteiger partial charge on any atom is -0.396 e. The van der Waals surface area contributed by atoms with Gasteiger partial charge in [-0.05, 0) is 46.7 Å². The van der Waals surface area contributed by atoms with Gasteiger partial charge in [-0.15, -0.1) is 0 Å². The largest absolute Gasteiger partial charge is 0.396 e. The van der Waals surface area contributed by atoms with Crippen molar-refractivity contribution in [2.75, 3.05) is 32.8 Å². The fourth-order valence-corrected chi connectivity index (χ4v) is 2.96. The van der Waals surface area contributed by atoms with E-state index in [1.807, 2.05) is 0 Å². The molecule has 1 aromatic rings. The standard InChI is InChI=1S/C13H19IN2O/c14-12-3-1-2-11(10-12)13(4-9-17)16-7-5-15-6-8-16/h1-3,10,13,15,17H,4-9H2/t13-/m0/s1. The summed E-state index contributed by atoms with van der Waals surface area (Å²) in [7, 11) is 0. The van der Waals surface area contributed by atoms with Crippen molar-refractivity contribution in [1.82, 2.24) is 10.2 Å². The summed E-state index contributed by atoms with van der Waals surface area (Å²) in [6.07, 6.45) is 0.820. The van der Waals surface area contributed by atoms with E-state index in [1.165, 1.54) is 9.13 Å². The van der Waals surface area contributed by atoms with Gasteiger partial charge in [-0.3, -0.25) is 4.90 Å². The molecule has 2 N–H and O–H groups in total. The number of piperazine rings is 1. The molecule has 0 aromatic heterocycles. The summed E-state index contributed by atoms with van der Waals surface area (Å²) >= 11 is 2.34. The first-order valence-corrected chi connectivity index (χ1v) is 7.20. The predicted octanol–water partition coefficient (Wildman–Crippen LogP) is 1.62. The van der Waals surface area contributed by atoms with Gasteiger partial charge in [0.1, 0.15) is 0 Å². The molecule has 0 unspecified atom stereocenters. The highest BCUT2D eigenvalue weighted by Crippen LogP contribution is 2.25. The third-order valence-electron chi connectivity index (χ3n) is 3.23.